The number of benzene rings is 2. The van der Waals surface area contributed by atoms with Crippen LogP contribution in [-0.2, 0) is 5.75 Å². The molecule has 7 heteroatoms. The molecule has 25 heavy (non-hydrogen) atoms. The molecule has 0 fully saturated rings. The lowest BCUT2D eigenvalue weighted by Gasteiger charge is -2.18. The van der Waals surface area contributed by atoms with Gasteiger partial charge in [0.2, 0.25) is 5.95 Å². The van der Waals surface area contributed by atoms with Gasteiger partial charge in [-0.3, -0.25) is 10.1 Å². The lowest BCUT2D eigenvalue weighted by molar-refractivity contribution is 0.102. The first-order chi connectivity index (χ1) is 12.1. The van der Waals surface area contributed by atoms with Crippen LogP contribution >= 0.6 is 35.0 Å². The lowest BCUT2D eigenvalue weighted by Crippen LogP contribution is -2.15. The van der Waals surface area contributed by atoms with Gasteiger partial charge in [0.1, 0.15) is 0 Å². The van der Waals surface area contributed by atoms with Crippen molar-refractivity contribution in [2.75, 3.05) is 5.32 Å². The van der Waals surface area contributed by atoms with Crippen LogP contribution in [0.4, 0.5) is 5.95 Å². The molecule has 4 rings (SSSR count). The van der Waals surface area contributed by atoms with E-state index in [4.69, 9.17) is 23.2 Å². The van der Waals surface area contributed by atoms with Crippen molar-refractivity contribution in [3.05, 3.63) is 69.8 Å². The average Bonchev–Trinajstić information content (AvgIpc) is 2.62. The van der Waals surface area contributed by atoms with Gasteiger partial charge in [0.15, 0.2) is 0 Å². The number of carbonyl (C=O) groups is 1. The zero-order chi connectivity index (χ0) is 17.4. The Kier molecular flexibility index (Phi) is 4.37. The van der Waals surface area contributed by atoms with Gasteiger partial charge >= 0.3 is 0 Å². The molecular formula is C18H11Cl2N3OS. The number of hydrogen-bond donors (Lipinski definition) is 1. The number of carbonyl (C=O) groups excluding carboxylic acids is 1. The molecule has 124 valence electrons. The SMILES string of the molecule is O=C(Nc1ncc2c(n1)-c1cc(Cl)ccc1SC2)c1ccc(Cl)cc1. The van der Waals surface area contributed by atoms with E-state index in [1.54, 1.807) is 42.2 Å². The van der Waals surface area contributed by atoms with Gasteiger partial charge in [-0.15, -0.1) is 11.8 Å². The number of nitrogens with one attached hydrogen (secondary N) is 1. The number of rotatable bonds is 2. The standard InChI is InChI=1S/C18H11Cl2N3OS/c19-12-3-1-10(2-4-12)17(24)23-18-21-8-11-9-25-15-6-5-13(20)7-14(15)16(11)22-18/h1-8H,9H2,(H,21,22,23,24). The van der Waals surface area contributed by atoms with Gasteiger partial charge in [-0.2, -0.15) is 0 Å². The van der Waals surface area contributed by atoms with Crippen molar-refractivity contribution in [1.29, 1.82) is 0 Å². The summed E-state index contributed by atoms with van der Waals surface area (Å²) in [7, 11) is 0. The maximum Gasteiger partial charge on any atom is 0.258 e. The molecule has 0 spiro atoms. The Hall–Kier alpha value is -2.08. The molecule has 0 saturated heterocycles. The van der Waals surface area contributed by atoms with Crippen LogP contribution in [0.2, 0.25) is 10.0 Å². The Labute approximate surface area is 158 Å². The van der Waals surface area contributed by atoms with E-state index < -0.39 is 0 Å². The Morgan fingerprint density at radius 3 is 2.64 bits per heavy atom. The van der Waals surface area contributed by atoms with E-state index in [2.05, 4.69) is 15.3 Å². The summed E-state index contributed by atoms with van der Waals surface area (Å²) in [6, 6.07) is 12.4. The minimum atomic E-state index is -0.284. The zero-order valence-corrected chi connectivity index (χ0v) is 15.1. The van der Waals surface area contributed by atoms with Crippen molar-refractivity contribution in [3.8, 4) is 11.3 Å². The third-order valence-corrected chi connectivity index (χ3v) is 5.39. The van der Waals surface area contributed by atoms with E-state index in [1.165, 1.54) is 0 Å². The molecule has 2 aromatic carbocycles. The van der Waals surface area contributed by atoms with Crippen molar-refractivity contribution >= 4 is 46.8 Å². The van der Waals surface area contributed by atoms with Crippen molar-refractivity contribution in [2.24, 2.45) is 0 Å². The molecule has 0 aliphatic carbocycles. The Balaban J connectivity index is 1.66. The van der Waals surface area contributed by atoms with E-state index in [-0.39, 0.29) is 11.9 Å². The Morgan fingerprint density at radius 2 is 1.84 bits per heavy atom. The largest absolute Gasteiger partial charge is 0.290 e. The van der Waals surface area contributed by atoms with E-state index in [1.807, 2.05) is 18.2 Å². The molecule has 3 aromatic rings. The molecular weight excluding hydrogens is 377 g/mol. The molecule has 0 saturated carbocycles. The van der Waals surface area contributed by atoms with E-state index in [0.717, 1.165) is 27.5 Å². The lowest BCUT2D eigenvalue weighted by atomic mass is 10.1. The highest BCUT2D eigenvalue weighted by molar-refractivity contribution is 7.98. The third kappa shape index (κ3) is 3.35. The second-order valence-electron chi connectivity index (χ2n) is 5.46. The van der Waals surface area contributed by atoms with Gasteiger partial charge in [0, 0.05) is 43.6 Å². The average molecular weight is 388 g/mol. The molecule has 4 nitrogen and oxygen atoms in total. The Bertz CT molecular complexity index is 977. The monoisotopic (exact) mass is 387 g/mol. The van der Waals surface area contributed by atoms with Gasteiger partial charge in [-0.25, -0.2) is 9.97 Å². The highest BCUT2D eigenvalue weighted by Crippen LogP contribution is 2.41. The summed E-state index contributed by atoms with van der Waals surface area (Å²) in [4.78, 5) is 22.2. The predicted molar refractivity (Wildman–Crippen MR) is 101 cm³/mol. The van der Waals surface area contributed by atoms with Crippen LogP contribution in [0.25, 0.3) is 11.3 Å². The highest BCUT2D eigenvalue weighted by atomic mass is 35.5. The number of nitrogens with zero attached hydrogens (tertiary/aromatic N) is 2. The Morgan fingerprint density at radius 1 is 1.08 bits per heavy atom. The first-order valence-corrected chi connectivity index (χ1v) is 9.20. The number of hydrogen-bond acceptors (Lipinski definition) is 4. The van der Waals surface area contributed by atoms with Gasteiger partial charge in [0.05, 0.1) is 5.69 Å². The molecule has 2 heterocycles. The maximum atomic E-state index is 12.3. The van der Waals surface area contributed by atoms with E-state index >= 15 is 0 Å². The summed E-state index contributed by atoms with van der Waals surface area (Å²) < 4.78 is 0. The quantitative estimate of drug-likeness (QED) is 0.647. The number of anilines is 1. The molecule has 1 amide bonds. The zero-order valence-electron chi connectivity index (χ0n) is 12.8. The van der Waals surface area contributed by atoms with Crippen molar-refractivity contribution in [3.63, 3.8) is 0 Å². The topological polar surface area (TPSA) is 54.9 Å². The first kappa shape index (κ1) is 16.4. The molecule has 0 bridgehead atoms. The summed E-state index contributed by atoms with van der Waals surface area (Å²) in [6.45, 7) is 0. The van der Waals surface area contributed by atoms with Gasteiger partial charge in [0.25, 0.3) is 5.91 Å². The van der Waals surface area contributed by atoms with Gasteiger partial charge in [-0.05, 0) is 42.5 Å². The summed E-state index contributed by atoms with van der Waals surface area (Å²) in [5.41, 5.74) is 3.27. The molecule has 1 aliphatic heterocycles. The number of aromatic nitrogens is 2. The van der Waals surface area contributed by atoms with Crippen molar-refractivity contribution < 1.29 is 4.79 Å². The van der Waals surface area contributed by atoms with Crippen LogP contribution in [0, 0.1) is 0 Å². The molecule has 0 radical (unpaired) electrons. The first-order valence-electron chi connectivity index (χ1n) is 7.46. The van der Waals surface area contributed by atoms with Crippen LogP contribution < -0.4 is 5.32 Å². The number of amides is 1. The van der Waals surface area contributed by atoms with Gasteiger partial charge < -0.3 is 0 Å². The maximum absolute atomic E-state index is 12.3. The molecule has 0 unspecified atom stereocenters. The van der Waals surface area contributed by atoms with Crippen LogP contribution in [0.3, 0.4) is 0 Å². The number of halogens is 2. The van der Waals surface area contributed by atoms with Crippen LogP contribution in [0.15, 0.2) is 53.6 Å². The normalized spacial score (nSPS) is 12.2. The number of fused-ring (bicyclic) bond motifs is 3. The molecule has 1 N–H and O–H groups in total. The summed E-state index contributed by atoms with van der Waals surface area (Å²) >= 11 is 13.7. The van der Waals surface area contributed by atoms with Gasteiger partial charge in [-0.1, -0.05) is 23.2 Å². The summed E-state index contributed by atoms with van der Waals surface area (Å²) in [5, 5.41) is 3.96. The third-order valence-electron chi connectivity index (χ3n) is 3.78. The van der Waals surface area contributed by atoms with Crippen molar-refractivity contribution in [2.45, 2.75) is 10.6 Å². The van der Waals surface area contributed by atoms with E-state index in [9.17, 15) is 4.79 Å². The summed E-state index contributed by atoms with van der Waals surface area (Å²) in [6.07, 6.45) is 1.75. The minimum Gasteiger partial charge on any atom is -0.290 e. The van der Waals surface area contributed by atoms with E-state index in [0.29, 0.717) is 15.6 Å². The fraction of sp³-hybridized carbons (Fsp3) is 0.0556. The fourth-order valence-electron chi connectivity index (χ4n) is 2.55. The predicted octanol–water partition coefficient (Wildman–Crippen LogP) is 5.31. The molecule has 1 aromatic heterocycles. The highest BCUT2D eigenvalue weighted by Gasteiger charge is 2.20. The van der Waals surface area contributed by atoms with Crippen LogP contribution in [-0.4, -0.2) is 15.9 Å². The molecule has 0 atom stereocenters. The van der Waals surface area contributed by atoms with Crippen molar-refractivity contribution in [1.82, 2.24) is 9.97 Å². The number of thioether (sulfide) groups is 1. The second kappa shape index (κ2) is 6.67. The summed E-state index contributed by atoms with van der Waals surface area (Å²) in [5.74, 6) is 0.764. The second-order valence-corrected chi connectivity index (χ2v) is 7.35. The fourth-order valence-corrected chi connectivity index (χ4v) is 3.85. The minimum absolute atomic E-state index is 0.261. The van der Waals surface area contributed by atoms with Crippen LogP contribution in [0.1, 0.15) is 15.9 Å². The van der Waals surface area contributed by atoms with Crippen LogP contribution in [0.5, 0.6) is 0 Å². The molecule has 1 aliphatic rings. The smallest absolute Gasteiger partial charge is 0.258 e.